The summed E-state index contributed by atoms with van der Waals surface area (Å²) in [5.74, 6) is 0. The zero-order valence-corrected chi connectivity index (χ0v) is 30.3. The number of fused-ring (bicyclic) bond motifs is 2. The maximum absolute atomic E-state index is 10.7. The van der Waals surface area contributed by atoms with Gasteiger partial charge in [-0.2, -0.15) is 0 Å². The Hall–Kier alpha value is -4.52. The third-order valence-corrected chi connectivity index (χ3v) is 8.17. The molecule has 8 rings (SSSR count). The smallest absolute Gasteiger partial charge is 0.153 e. The molecule has 0 spiro atoms. The van der Waals surface area contributed by atoms with Gasteiger partial charge in [0.05, 0.1) is 43.2 Å². The molecule has 0 saturated carbocycles. The van der Waals surface area contributed by atoms with Crippen molar-refractivity contribution < 1.29 is 45.3 Å². The van der Waals surface area contributed by atoms with E-state index in [1.165, 1.54) is 9.40 Å². The Kier molecular flexibility index (Phi) is 12.3. The first-order valence-electron chi connectivity index (χ1n) is 14.2. The summed E-state index contributed by atoms with van der Waals surface area (Å²) in [6.45, 7) is 0. The molecule has 0 atom stereocenters. The molecule has 0 unspecified atom stereocenters. The summed E-state index contributed by atoms with van der Waals surface area (Å²) in [4.78, 5) is 26.0. The van der Waals surface area contributed by atoms with Crippen molar-refractivity contribution in [2.45, 2.75) is 0 Å². The van der Waals surface area contributed by atoms with E-state index >= 15 is 0 Å². The van der Waals surface area contributed by atoms with Crippen LogP contribution in [0.15, 0.2) is 146 Å². The monoisotopic (exact) mass is 918 g/mol. The van der Waals surface area contributed by atoms with Crippen LogP contribution in [0.25, 0.3) is 53.2 Å². The topological polar surface area (TPSA) is 77.3 Å². The molecule has 2 aromatic carbocycles. The van der Waals surface area contributed by atoms with E-state index in [4.69, 9.17) is 0 Å². The largest absolute Gasteiger partial charge is 0.255 e. The second-order valence-corrected chi connectivity index (χ2v) is 13.8. The third kappa shape index (κ3) is 13.1. The van der Waals surface area contributed by atoms with Gasteiger partial charge in [0.25, 0.3) is 0 Å². The number of nitrogens with zero attached hydrogens (tertiary/aromatic N) is 6. The molecular formula is C34H24F6IrN6PS2-. The first-order valence-corrected chi connectivity index (χ1v) is 17.9. The Bertz CT molecular complexity index is 1930. The van der Waals surface area contributed by atoms with Gasteiger partial charge in [-0.15, -0.1) is 22.7 Å². The van der Waals surface area contributed by atoms with Crippen LogP contribution in [-0.4, -0.2) is 29.9 Å². The van der Waals surface area contributed by atoms with Crippen LogP contribution in [0.2, 0.25) is 0 Å². The van der Waals surface area contributed by atoms with Crippen molar-refractivity contribution in [1.82, 2.24) is 29.9 Å². The first kappa shape index (κ1) is 38.3. The summed E-state index contributed by atoms with van der Waals surface area (Å²) in [6, 6.07) is 39.6. The number of rotatable bonds is 3. The van der Waals surface area contributed by atoms with E-state index in [0.717, 1.165) is 43.8 Å². The van der Waals surface area contributed by atoms with Gasteiger partial charge in [0.2, 0.25) is 0 Å². The molecule has 6 heterocycles. The number of para-hydroxylation sites is 2. The predicted octanol–water partition coefficient (Wildman–Crippen LogP) is 12.2. The van der Waals surface area contributed by atoms with Crippen molar-refractivity contribution in [3.63, 3.8) is 0 Å². The maximum atomic E-state index is 9.87. The molecule has 0 fully saturated rings. The van der Waals surface area contributed by atoms with E-state index in [-0.39, 0.29) is 20.1 Å². The van der Waals surface area contributed by atoms with Gasteiger partial charge in [-0.05, 0) is 72.8 Å². The van der Waals surface area contributed by atoms with Crippen LogP contribution >= 0.6 is 30.5 Å². The van der Waals surface area contributed by atoms with E-state index in [1.807, 2.05) is 109 Å². The first-order chi connectivity index (χ1) is 23.3. The Balaban J connectivity index is 0.000000157. The number of hydrogen-bond donors (Lipinski definition) is 0. The second-order valence-electron chi connectivity index (χ2n) is 9.79. The SMILES string of the molecule is F[P-](F)(F)(F)(F)F.[Ir].c1ccc(-c2ccccn2)nc1.c1ccc(-c2ccccn2)nc1.c1ccc2sc(-c3nc4ccccc4s3)nc2c1. The second kappa shape index (κ2) is 16.0. The van der Waals surface area contributed by atoms with Crippen molar-refractivity contribution in [3.05, 3.63) is 146 Å². The zero-order valence-electron chi connectivity index (χ0n) is 25.4. The van der Waals surface area contributed by atoms with Crippen LogP contribution in [0.3, 0.4) is 0 Å². The summed E-state index contributed by atoms with van der Waals surface area (Å²) < 4.78 is 61.6. The molecule has 0 N–H and O–H groups in total. The predicted molar refractivity (Wildman–Crippen MR) is 187 cm³/mol. The summed E-state index contributed by atoms with van der Waals surface area (Å²) in [7, 11) is -10.7. The summed E-state index contributed by atoms with van der Waals surface area (Å²) in [5.41, 5.74) is 5.76. The zero-order chi connectivity index (χ0) is 34.8. The quantitative estimate of drug-likeness (QED) is 0.130. The average molecular weight is 918 g/mol. The molecular weight excluding hydrogens is 894 g/mol. The molecule has 0 aliphatic rings. The molecule has 0 bridgehead atoms. The van der Waals surface area contributed by atoms with Crippen LogP contribution in [-0.2, 0) is 20.1 Å². The molecule has 50 heavy (non-hydrogen) atoms. The fourth-order valence-electron chi connectivity index (χ4n) is 3.98. The number of halogens is 6. The van der Waals surface area contributed by atoms with Gasteiger partial charge in [-0.25, -0.2) is 9.97 Å². The van der Waals surface area contributed by atoms with E-state index < -0.39 is 7.81 Å². The van der Waals surface area contributed by atoms with Gasteiger partial charge in [0.1, 0.15) is 0 Å². The van der Waals surface area contributed by atoms with Crippen LogP contribution in [0, 0.1) is 0 Å². The van der Waals surface area contributed by atoms with Crippen LogP contribution in [0.4, 0.5) is 25.2 Å². The van der Waals surface area contributed by atoms with Gasteiger partial charge < -0.3 is 0 Å². The molecule has 0 saturated heterocycles. The summed E-state index contributed by atoms with van der Waals surface area (Å²) in [6.07, 6.45) is 7.07. The van der Waals surface area contributed by atoms with E-state index in [0.29, 0.717) is 0 Å². The molecule has 0 aliphatic carbocycles. The molecule has 6 nitrogen and oxygen atoms in total. The normalized spacial score (nSPS) is 12.0. The Morgan fingerprint density at radius 3 is 0.880 bits per heavy atom. The third-order valence-electron chi connectivity index (χ3n) is 5.96. The minimum atomic E-state index is -10.7. The number of thiazole rings is 2. The molecule has 0 aliphatic heterocycles. The van der Waals surface area contributed by atoms with Gasteiger partial charge in [-0.3, -0.25) is 19.9 Å². The van der Waals surface area contributed by atoms with Crippen molar-refractivity contribution in [1.29, 1.82) is 0 Å². The van der Waals surface area contributed by atoms with Crippen LogP contribution in [0.5, 0.6) is 0 Å². The summed E-state index contributed by atoms with van der Waals surface area (Å²) >= 11 is 3.40. The number of pyridine rings is 4. The molecule has 8 aromatic rings. The van der Waals surface area contributed by atoms with Crippen molar-refractivity contribution in [2.75, 3.05) is 0 Å². The molecule has 6 aromatic heterocycles. The Morgan fingerprint density at radius 1 is 0.380 bits per heavy atom. The molecule has 259 valence electrons. The van der Waals surface area contributed by atoms with Gasteiger partial charge in [0, 0.05) is 44.9 Å². The minimum absolute atomic E-state index is 0. The number of benzene rings is 2. The van der Waals surface area contributed by atoms with E-state index in [9.17, 15) is 25.2 Å². The fourth-order valence-corrected chi connectivity index (χ4v) is 5.93. The van der Waals surface area contributed by atoms with E-state index in [1.54, 1.807) is 47.5 Å². The molecule has 0 amide bonds. The molecule has 16 heteroatoms. The van der Waals surface area contributed by atoms with Gasteiger partial charge >= 0.3 is 33.0 Å². The van der Waals surface area contributed by atoms with Gasteiger partial charge in [-0.1, -0.05) is 48.5 Å². The van der Waals surface area contributed by atoms with Crippen LogP contribution in [0.1, 0.15) is 0 Å². The Morgan fingerprint density at radius 2 is 0.640 bits per heavy atom. The van der Waals surface area contributed by atoms with Crippen LogP contribution < -0.4 is 0 Å². The maximum Gasteiger partial charge on any atom is 0.153 e. The number of hydrogen-bond acceptors (Lipinski definition) is 8. The number of aromatic nitrogens is 6. The minimum Gasteiger partial charge on any atom is -0.255 e. The fraction of sp³-hybridized carbons (Fsp3) is 0. The standard InChI is InChI=1S/C14H8N2S2.2C10H8N2.F6P.Ir/c1-3-7-11-9(5-1)15-13(17-11)14-16-10-6-2-4-8-12(10)18-14;2*1-3-7-11-9(5-1)10-6-2-4-8-12-10;1-7(2,3,4,5)6;/h1-8H;2*1-8H;;/q;;;-1;. The van der Waals surface area contributed by atoms with Crippen molar-refractivity contribution >= 4 is 50.9 Å². The average Bonchev–Trinajstić information content (AvgIpc) is 3.74. The molecule has 1 radical (unpaired) electrons. The van der Waals surface area contributed by atoms with Gasteiger partial charge in [0.15, 0.2) is 10.0 Å². The Labute approximate surface area is 303 Å². The van der Waals surface area contributed by atoms with Crippen molar-refractivity contribution in [3.8, 4) is 32.8 Å². The summed E-state index contributed by atoms with van der Waals surface area (Å²) in [5, 5.41) is 2.02. The van der Waals surface area contributed by atoms with Crippen molar-refractivity contribution in [2.24, 2.45) is 0 Å². The van der Waals surface area contributed by atoms with E-state index in [2.05, 4.69) is 42.0 Å².